The second-order valence-electron chi connectivity index (χ2n) is 3.75. The minimum absolute atomic E-state index is 0. The molecule has 0 bridgehead atoms. The van der Waals surface area contributed by atoms with Gasteiger partial charge in [0.25, 0.3) is 0 Å². The van der Waals surface area contributed by atoms with Gasteiger partial charge in [-0.05, 0) is 31.2 Å². The standard InChI is InChI=1S/C11H17N3O2S.ClH/c1-9(12-2)14(3)11-7-5-10(6-8-11)13-17(4,15)16;/h5-8,13H,1-4H3;1H. The lowest BCUT2D eigenvalue weighted by Crippen LogP contribution is -2.23. The number of sulfonamides is 1. The van der Waals surface area contributed by atoms with Gasteiger partial charge < -0.3 is 4.90 Å². The lowest BCUT2D eigenvalue weighted by Gasteiger charge is -2.18. The number of hydrogen-bond donors (Lipinski definition) is 1. The summed E-state index contributed by atoms with van der Waals surface area (Å²) in [5.74, 6) is 0.883. The van der Waals surface area contributed by atoms with Gasteiger partial charge in [-0.1, -0.05) is 0 Å². The van der Waals surface area contributed by atoms with Gasteiger partial charge in [0.1, 0.15) is 0 Å². The highest BCUT2D eigenvalue weighted by molar-refractivity contribution is 7.92. The Morgan fingerprint density at radius 3 is 2.17 bits per heavy atom. The second-order valence-corrected chi connectivity index (χ2v) is 5.50. The Bertz CT molecular complexity index is 512. The van der Waals surface area contributed by atoms with Crippen molar-refractivity contribution in [2.75, 3.05) is 30.0 Å². The maximum Gasteiger partial charge on any atom is 0.229 e. The van der Waals surface area contributed by atoms with E-state index in [1.165, 1.54) is 0 Å². The lowest BCUT2D eigenvalue weighted by molar-refractivity contribution is 0.607. The normalized spacial score (nSPS) is 11.7. The summed E-state index contributed by atoms with van der Waals surface area (Å²) in [6.45, 7) is 1.91. The Labute approximate surface area is 114 Å². The van der Waals surface area contributed by atoms with E-state index in [-0.39, 0.29) is 12.4 Å². The van der Waals surface area contributed by atoms with Crippen LogP contribution in [0.15, 0.2) is 29.3 Å². The van der Waals surface area contributed by atoms with Gasteiger partial charge in [0.2, 0.25) is 10.0 Å². The van der Waals surface area contributed by atoms with Crippen LogP contribution in [-0.2, 0) is 10.0 Å². The maximum absolute atomic E-state index is 11.0. The van der Waals surface area contributed by atoms with E-state index in [0.717, 1.165) is 17.8 Å². The highest BCUT2D eigenvalue weighted by Gasteiger charge is 2.05. The van der Waals surface area contributed by atoms with E-state index in [4.69, 9.17) is 0 Å². The number of nitrogens with one attached hydrogen (secondary N) is 1. The first-order valence-electron chi connectivity index (χ1n) is 5.08. The molecule has 1 aromatic rings. The Morgan fingerprint density at radius 2 is 1.78 bits per heavy atom. The Morgan fingerprint density at radius 1 is 1.28 bits per heavy atom. The average molecular weight is 292 g/mol. The van der Waals surface area contributed by atoms with Crippen LogP contribution < -0.4 is 9.62 Å². The van der Waals surface area contributed by atoms with Crippen LogP contribution in [0.3, 0.4) is 0 Å². The van der Waals surface area contributed by atoms with Crippen molar-refractivity contribution in [3.8, 4) is 0 Å². The molecule has 1 aromatic carbocycles. The van der Waals surface area contributed by atoms with Gasteiger partial charge >= 0.3 is 0 Å². The largest absolute Gasteiger partial charge is 0.334 e. The molecule has 18 heavy (non-hydrogen) atoms. The molecule has 102 valence electrons. The molecular weight excluding hydrogens is 274 g/mol. The minimum Gasteiger partial charge on any atom is -0.334 e. The van der Waals surface area contributed by atoms with Gasteiger partial charge in [-0.15, -0.1) is 12.4 Å². The van der Waals surface area contributed by atoms with Crippen LogP contribution in [-0.4, -0.2) is 34.6 Å². The van der Waals surface area contributed by atoms with E-state index in [2.05, 4.69) is 9.71 Å². The van der Waals surface area contributed by atoms with Gasteiger partial charge in [-0.2, -0.15) is 0 Å². The highest BCUT2D eigenvalue weighted by atomic mass is 35.5. The molecule has 0 aromatic heterocycles. The fourth-order valence-electron chi connectivity index (χ4n) is 1.30. The van der Waals surface area contributed by atoms with Gasteiger partial charge in [-0.3, -0.25) is 9.71 Å². The number of aliphatic imine (C=N–C) groups is 1. The van der Waals surface area contributed by atoms with Gasteiger partial charge in [0.15, 0.2) is 0 Å². The van der Waals surface area contributed by atoms with E-state index >= 15 is 0 Å². The number of hydrogen-bond acceptors (Lipinski definition) is 3. The molecule has 0 heterocycles. The first-order chi connectivity index (χ1) is 7.83. The third-order valence-corrected chi connectivity index (χ3v) is 2.97. The predicted octanol–water partition coefficient (Wildman–Crippen LogP) is 1.96. The summed E-state index contributed by atoms with van der Waals surface area (Å²) < 4.78 is 24.5. The van der Waals surface area contributed by atoms with Gasteiger partial charge in [0.05, 0.1) is 12.1 Å². The van der Waals surface area contributed by atoms with Crippen molar-refractivity contribution >= 4 is 39.6 Å². The summed E-state index contributed by atoms with van der Waals surface area (Å²) >= 11 is 0. The second kappa shape index (κ2) is 6.61. The third-order valence-electron chi connectivity index (χ3n) is 2.37. The summed E-state index contributed by atoms with van der Waals surface area (Å²) in [7, 11) is 0.413. The number of nitrogens with zero attached hydrogens (tertiary/aromatic N) is 2. The average Bonchev–Trinajstić information content (AvgIpc) is 2.26. The maximum atomic E-state index is 11.0. The van der Waals surface area contributed by atoms with Crippen LogP contribution >= 0.6 is 12.4 Å². The van der Waals surface area contributed by atoms with Crippen LogP contribution in [0.4, 0.5) is 11.4 Å². The molecule has 0 radical (unpaired) electrons. The molecule has 0 aliphatic heterocycles. The summed E-state index contributed by atoms with van der Waals surface area (Å²) in [5.41, 5.74) is 1.50. The quantitative estimate of drug-likeness (QED) is 0.684. The molecule has 0 aliphatic rings. The van der Waals surface area contributed by atoms with Crippen LogP contribution in [0.1, 0.15) is 6.92 Å². The van der Waals surface area contributed by atoms with E-state index in [1.54, 1.807) is 19.2 Å². The summed E-state index contributed by atoms with van der Waals surface area (Å²) in [6.07, 6.45) is 1.13. The summed E-state index contributed by atoms with van der Waals surface area (Å²) in [5, 5.41) is 0. The van der Waals surface area contributed by atoms with Gasteiger partial charge in [0, 0.05) is 25.5 Å². The molecular formula is C11H18ClN3O2S. The van der Waals surface area contributed by atoms with Crippen LogP contribution in [0.25, 0.3) is 0 Å². The van der Waals surface area contributed by atoms with Crippen molar-refractivity contribution < 1.29 is 8.42 Å². The van der Waals surface area contributed by atoms with Crippen LogP contribution in [0.5, 0.6) is 0 Å². The molecule has 5 nitrogen and oxygen atoms in total. The molecule has 0 fully saturated rings. The van der Waals surface area contributed by atoms with Crippen LogP contribution in [0, 0.1) is 0 Å². The molecule has 0 saturated heterocycles. The van der Waals surface area contributed by atoms with E-state index in [0.29, 0.717) is 5.69 Å². The minimum atomic E-state index is -3.22. The molecule has 0 unspecified atom stereocenters. The zero-order valence-electron chi connectivity index (χ0n) is 10.8. The van der Waals surface area contributed by atoms with Crippen molar-refractivity contribution in [1.29, 1.82) is 0 Å². The smallest absolute Gasteiger partial charge is 0.229 e. The lowest BCUT2D eigenvalue weighted by atomic mass is 10.2. The van der Waals surface area contributed by atoms with E-state index in [1.807, 2.05) is 31.0 Å². The Balaban J connectivity index is 0.00000289. The van der Waals surface area contributed by atoms with E-state index in [9.17, 15) is 8.42 Å². The number of amidine groups is 1. The fraction of sp³-hybridized carbons (Fsp3) is 0.364. The molecule has 1 N–H and O–H groups in total. The Kier molecular flexibility index (Phi) is 6.14. The molecule has 0 atom stereocenters. The zero-order valence-corrected chi connectivity index (χ0v) is 12.5. The fourth-order valence-corrected chi connectivity index (χ4v) is 1.87. The highest BCUT2D eigenvalue weighted by Crippen LogP contribution is 2.17. The van der Waals surface area contributed by atoms with Crippen molar-refractivity contribution in [2.45, 2.75) is 6.92 Å². The summed E-state index contributed by atoms with van der Waals surface area (Å²) in [6, 6.07) is 7.11. The zero-order chi connectivity index (χ0) is 13.1. The SMILES string of the molecule is CN=C(C)N(C)c1ccc(NS(C)(=O)=O)cc1.Cl. The molecule has 0 saturated carbocycles. The van der Waals surface area contributed by atoms with E-state index < -0.39 is 10.0 Å². The van der Waals surface area contributed by atoms with Crippen molar-refractivity contribution in [2.24, 2.45) is 4.99 Å². The monoisotopic (exact) mass is 291 g/mol. The van der Waals surface area contributed by atoms with Crippen molar-refractivity contribution in [3.63, 3.8) is 0 Å². The number of anilines is 2. The molecule has 0 spiro atoms. The molecule has 7 heteroatoms. The van der Waals surface area contributed by atoms with Gasteiger partial charge in [-0.25, -0.2) is 8.42 Å². The molecule has 0 aliphatic carbocycles. The molecule has 0 amide bonds. The van der Waals surface area contributed by atoms with Crippen molar-refractivity contribution in [1.82, 2.24) is 0 Å². The third kappa shape index (κ3) is 4.93. The number of halogens is 1. The predicted molar refractivity (Wildman–Crippen MR) is 79.6 cm³/mol. The first-order valence-corrected chi connectivity index (χ1v) is 6.97. The number of rotatable bonds is 3. The van der Waals surface area contributed by atoms with Crippen molar-refractivity contribution in [3.05, 3.63) is 24.3 Å². The topological polar surface area (TPSA) is 61.8 Å². The number of benzene rings is 1. The first kappa shape index (κ1) is 16.7. The summed E-state index contributed by atoms with van der Waals surface area (Å²) in [4.78, 5) is 6.00. The van der Waals surface area contributed by atoms with Crippen LogP contribution in [0.2, 0.25) is 0 Å². The molecule has 1 rings (SSSR count). The Hall–Kier alpha value is -1.27.